The second-order valence-corrected chi connectivity index (χ2v) is 20.0. The summed E-state index contributed by atoms with van der Waals surface area (Å²) in [6.45, 7) is 4.31. The first-order valence-corrected chi connectivity index (χ1v) is 28.5. The molecule has 0 spiro atoms. The number of amides is 1. The smallest absolute Gasteiger partial charge is 0.305 e. The van der Waals surface area contributed by atoms with E-state index in [2.05, 4.69) is 19.2 Å². The maximum absolute atomic E-state index is 13.0. The third kappa shape index (κ3) is 36.9. The van der Waals surface area contributed by atoms with E-state index in [0.717, 1.165) is 64.2 Å². The summed E-state index contributed by atoms with van der Waals surface area (Å²) in [6.07, 6.45) is 43.1. The first-order valence-electron chi connectivity index (χ1n) is 28.5. The highest BCUT2D eigenvalue weighted by Crippen LogP contribution is 2.23. The normalized spacial score (nSPS) is 19.5. The van der Waals surface area contributed by atoms with Crippen molar-refractivity contribution in [2.75, 3.05) is 19.8 Å². The van der Waals surface area contributed by atoms with Crippen LogP contribution in [0.3, 0.4) is 0 Å². The van der Waals surface area contributed by atoms with Crippen molar-refractivity contribution in [1.82, 2.24) is 5.32 Å². The largest absolute Gasteiger partial charge is 0.466 e. The Morgan fingerprint density at radius 2 is 0.940 bits per heavy atom. The van der Waals surface area contributed by atoms with Crippen LogP contribution in [-0.2, 0) is 23.8 Å². The number of nitrogens with one attached hydrogen (secondary N) is 1. The molecule has 11 heteroatoms. The lowest BCUT2D eigenvalue weighted by Crippen LogP contribution is -2.60. The van der Waals surface area contributed by atoms with Crippen LogP contribution in [0.1, 0.15) is 271 Å². The lowest BCUT2D eigenvalue weighted by molar-refractivity contribution is -0.302. The summed E-state index contributed by atoms with van der Waals surface area (Å²) in [5, 5.41) is 54.1. The minimum atomic E-state index is -1.57. The number of ether oxygens (including phenoxy) is 3. The lowest BCUT2D eigenvalue weighted by atomic mass is 9.99. The molecule has 1 heterocycles. The van der Waals surface area contributed by atoms with Crippen molar-refractivity contribution in [3.63, 3.8) is 0 Å². The topological polar surface area (TPSA) is 175 Å². The standard InChI is InChI=1S/C56H107NO10/c1-3-5-7-9-11-13-14-24-28-32-36-40-44-52(61)65-45-41-37-33-29-25-22-20-18-16-15-17-19-21-23-27-31-35-39-43-51(60)57-48(49(59)42-38-34-30-26-12-10-8-6-4-2)47-66-56-55(64)54(63)53(62)50(46-58)67-56/h38,42,48-50,53-56,58-59,62-64H,3-37,39-41,43-47H2,1-2H3,(H,57,60)/b42-38+. The van der Waals surface area contributed by atoms with Gasteiger partial charge in [0.15, 0.2) is 6.29 Å². The Hall–Kier alpha value is -1.60. The van der Waals surface area contributed by atoms with Crippen LogP contribution in [0.2, 0.25) is 0 Å². The third-order valence-electron chi connectivity index (χ3n) is 13.7. The number of carbonyl (C=O) groups is 2. The molecule has 0 aromatic heterocycles. The average Bonchev–Trinajstić information content (AvgIpc) is 3.32. The molecule has 11 nitrogen and oxygen atoms in total. The molecule has 1 rings (SSSR count). The number of aliphatic hydroxyl groups excluding tert-OH is 5. The van der Waals surface area contributed by atoms with E-state index in [1.54, 1.807) is 6.08 Å². The number of aliphatic hydroxyl groups is 5. The molecular weight excluding hydrogens is 847 g/mol. The van der Waals surface area contributed by atoms with Gasteiger partial charge in [-0.2, -0.15) is 0 Å². The number of unbranched alkanes of at least 4 members (excludes halogenated alkanes) is 35. The summed E-state index contributed by atoms with van der Waals surface area (Å²) in [4.78, 5) is 25.0. The monoisotopic (exact) mass is 954 g/mol. The molecule has 7 atom stereocenters. The van der Waals surface area contributed by atoms with Crippen molar-refractivity contribution < 1.29 is 49.3 Å². The number of rotatable bonds is 49. The van der Waals surface area contributed by atoms with Gasteiger partial charge in [-0.25, -0.2) is 0 Å². The summed E-state index contributed by atoms with van der Waals surface area (Å²) in [5.41, 5.74) is 0. The van der Waals surface area contributed by atoms with Gasteiger partial charge in [0.05, 0.1) is 32.0 Å². The Kier molecular flexibility index (Phi) is 44.3. The molecule has 0 aliphatic carbocycles. The van der Waals surface area contributed by atoms with Gasteiger partial charge in [-0.3, -0.25) is 9.59 Å². The zero-order chi connectivity index (χ0) is 48.8. The van der Waals surface area contributed by atoms with Crippen LogP contribution in [0, 0.1) is 0 Å². The minimum Gasteiger partial charge on any atom is -0.466 e. The quantitative estimate of drug-likeness (QED) is 0.0196. The zero-order valence-electron chi connectivity index (χ0n) is 43.4. The highest BCUT2D eigenvalue weighted by molar-refractivity contribution is 5.76. The molecule has 6 N–H and O–H groups in total. The van der Waals surface area contributed by atoms with E-state index in [1.807, 2.05) is 6.08 Å². The minimum absolute atomic E-state index is 0.00769. The molecule has 1 aliphatic heterocycles. The molecular formula is C56H107NO10. The fraction of sp³-hybridized carbons (Fsp3) is 0.929. The van der Waals surface area contributed by atoms with E-state index in [4.69, 9.17) is 14.2 Å². The number of esters is 1. The molecule has 0 radical (unpaired) electrons. The maximum atomic E-state index is 13.0. The van der Waals surface area contributed by atoms with Crippen molar-refractivity contribution in [1.29, 1.82) is 0 Å². The summed E-state index contributed by atoms with van der Waals surface area (Å²) >= 11 is 0. The van der Waals surface area contributed by atoms with Crippen molar-refractivity contribution in [2.24, 2.45) is 0 Å². The highest BCUT2D eigenvalue weighted by Gasteiger charge is 2.44. The molecule has 1 fully saturated rings. The number of hydrogen-bond acceptors (Lipinski definition) is 10. The van der Waals surface area contributed by atoms with Crippen LogP contribution in [0.25, 0.3) is 0 Å². The fourth-order valence-electron chi connectivity index (χ4n) is 9.08. The van der Waals surface area contributed by atoms with E-state index in [-0.39, 0.29) is 18.5 Å². The van der Waals surface area contributed by atoms with E-state index in [1.165, 1.54) is 180 Å². The SMILES string of the molecule is CCCCCCCCC/C=C/C(O)C(COC1OC(CO)C(O)C(O)C1O)NC(=O)CCCCCCCCCCCCCCCCCCCCOC(=O)CCCCCCCCCCCCCC. The molecule has 0 bridgehead atoms. The van der Waals surface area contributed by atoms with Crippen LogP contribution >= 0.6 is 0 Å². The van der Waals surface area contributed by atoms with Crippen LogP contribution in [0.5, 0.6) is 0 Å². The summed E-state index contributed by atoms with van der Waals surface area (Å²) in [6, 6.07) is -0.810. The maximum Gasteiger partial charge on any atom is 0.305 e. The van der Waals surface area contributed by atoms with Gasteiger partial charge in [0.2, 0.25) is 5.91 Å². The predicted molar refractivity (Wildman–Crippen MR) is 274 cm³/mol. The first-order chi connectivity index (χ1) is 32.7. The van der Waals surface area contributed by atoms with Crippen molar-refractivity contribution in [3.05, 3.63) is 12.2 Å². The van der Waals surface area contributed by atoms with E-state index in [0.29, 0.717) is 19.4 Å². The fourth-order valence-corrected chi connectivity index (χ4v) is 9.08. The second kappa shape index (κ2) is 46.8. The van der Waals surface area contributed by atoms with Gasteiger partial charge in [0.25, 0.3) is 0 Å². The Morgan fingerprint density at radius 3 is 1.39 bits per heavy atom. The molecule has 1 aliphatic rings. The average molecular weight is 954 g/mol. The second-order valence-electron chi connectivity index (χ2n) is 20.0. The van der Waals surface area contributed by atoms with E-state index in [9.17, 15) is 35.1 Å². The molecule has 1 amide bonds. The third-order valence-corrected chi connectivity index (χ3v) is 13.7. The predicted octanol–water partition coefficient (Wildman–Crippen LogP) is 12.4. The molecule has 1 saturated heterocycles. The summed E-state index contributed by atoms with van der Waals surface area (Å²) < 4.78 is 16.7. The van der Waals surface area contributed by atoms with Gasteiger partial charge < -0.3 is 45.1 Å². The van der Waals surface area contributed by atoms with Gasteiger partial charge in [0, 0.05) is 12.8 Å². The van der Waals surface area contributed by atoms with Crippen LogP contribution < -0.4 is 5.32 Å². The van der Waals surface area contributed by atoms with Crippen molar-refractivity contribution >= 4 is 11.9 Å². The summed E-state index contributed by atoms with van der Waals surface area (Å²) in [5.74, 6) is -0.195. The van der Waals surface area contributed by atoms with E-state index >= 15 is 0 Å². The Bertz CT molecular complexity index is 1120. The van der Waals surface area contributed by atoms with E-state index < -0.39 is 49.5 Å². The van der Waals surface area contributed by atoms with Crippen molar-refractivity contribution in [3.8, 4) is 0 Å². The van der Waals surface area contributed by atoms with Gasteiger partial charge in [-0.15, -0.1) is 0 Å². The Labute approximate surface area is 410 Å². The molecule has 0 aromatic carbocycles. The Morgan fingerprint density at radius 1 is 0.537 bits per heavy atom. The first kappa shape index (κ1) is 63.4. The van der Waals surface area contributed by atoms with Crippen LogP contribution in [0.15, 0.2) is 12.2 Å². The van der Waals surface area contributed by atoms with Crippen LogP contribution in [-0.4, -0.2) is 100 Å². The number of hydrogen-bond donors (Lipinski definition) is 6. The molecule has 67 heavy (non-hydrogen) atoms. The highest BCUT2D eigenvalue weighted by atomic mass is 16.7. The lowest BCUT2D eigenvalue weighted by Gasteiger charge is -2.40. The van der Waals surface area contributed by atoms with Gasteiger partial charge in [-0.1, -0.05) is 238 Å². The van der Waals surface area contributed by atoms with Crippen LogP contribution in [0.4, 0.5) is 0 Å². The molecule has 0 aromatic rings. The van der Waals surface area contributed by atoms with Crippen molar-refractivity contribution in [2.45, 2.75) is 314 Å². The number of carbonyl (C=O) groups excluding carboxylic acids is 2. The zero-order valence-corrected chi connectivity index (χ0v) is 43.4. The molecule has 7 unspecified atom stereocenters. The Balaban J connectivity index is 2.04. The van der Waals surface area contributed by atoms with Gasteiger partial charge >= 0.3 is 5.97 Å². The van der Waals surface area contributed by atoms with Gasteiger partial charge in [0.1, 0.15) is 24.4 Å². The molecule has 0 saturated carbocycles. The summed E-state index contributed by atoms with van der Waals surface area (Å²) in [7, 11) is 0. The molecule has 396 valence electrons. The number of allylic oxidation sites excluding steroid dienone is 1. The van der Waals surface area contributed by atoms with Gasteiger partial charge in [-0.05, 0) is 32.1 Å².